The fourth-order valence-electron chi connectivity index (χ4n) is 2.59. The maximum absolute atomic E-state index is 12.8. The van der Waals surface area contributed by atoms with Crippen LogP contribution in [0.25, 0.3) is 0 Å². The summed E-state index contributed by atoms with van der Waals surface area (Å²) in [6.07, 6.45) is 3.91. The van der Waals surface area contributed by atoms with Crippen molar-refractivity contribution in [1.82, 2.24) is 4.31 Å². The molecule has 20 heavy (non-hydrogen) atoms. The van der Waals surface area contributed by atoms with Crippen LogP contribution in [0.2, 0.25) is 5.02 Å². The van der Waals surface area contributed by atoms with Crippen molar-refractivity contribution in [2.75, 3.05) is 12.4 Å². The first kappa shape index (κ1) is 16.6. The lowest BCUT2D eigenvalue weighted by molar-refractivity contribution is 0.337. The van der Waals surface area contributed by atoms with E-state index in [-0.39, 0.29) is 21.8 Å². The number of nitrogens with zero attached hydrogens (tertiary/aromatic N) is 1. The Morgan fingerprint density at radius 3 is 2.50 bits per heavy atom. The van der Waals surface area contributed by atoms with Crippen LogP contribution in [0.4, 0.5) is 0 Å². The number of benzene rings is 1. The van der Waals surface area contributed by atoms with Gasteiger partial charge < -0.3 is 0 Å². The molecule has 0 atom stereocenters. The van der Waals surface area contributed by atoms with Crippen LogP contribution in [-0.4, -0.2) is 31.2 Å². The van der Waals surface area contributed by atoms with E-state index in [2.05, 4.69) is 15.9 Å². The SMILES string of the molecule is O=S(=O)(c1ccc(Br)cc1Cl)N(CCCl)C1CCCC1. The van der Waals surface area contributed by atoms with Crippen LogP contribution in [0.3, 0.4) is 0 Å². The van der Waals surface area contributed by atoms with Crippen molar-refractivity contribution in [2.24, 2.45) is 0 Å². The maximum atomic E-state index is 12.8. The van der Waals surface area contributed by atoms with Gasteiger partial charge in [0, 0.05) is 22.9 Å². The molecule has 0 amide bonds. The van der Waals surface area contributed by atoms with Crippen LogP contribution >= 0.6 is 39.1 Å². The molecule has 2 rings (SSSR count). The monoisotopic (exact) mass is 399 g/mol. The van der Waals surface area contributed by atoms with Crippen molar-refractivity contribution in [3.8, 4) is 0 Å². The van der Waals surface area contributed by atoms with Crippen molar-refractivity contribution >= 4 is 49.2 Å². The van der Waals surface area contributed by atoms with Crippen LogP contribution in [-0.2, 0) is 10.0 Å². The van der Waals surface area contributed by atoms with E-state index >= 15 is 0 Å². The molecule has 1 aromatic carbocycles. The van der Waals surface area contributed by atoms with E-state index < -0.39 is 10.0 Å². The lowest BCUT2D eigenvalue weighted by Crippen LogP contribution is -2.40. The smallest absolute Gasteiger partial charge is 0.207 e. The zero-order valence-corrected chi connectivity index (χ0v) is 14.8. The summed E-state index contributed by atoms with van der Waals surface area (Å²) >= 11 is 15.2. The van der Waals surface area contributed by atoms with Gasteiger partial charge in [-0.3, -0.25) is 0 Å². The second kappa shape index (κ2) is 6.97. The Labute approximate surface area is 138 Å². The minimum Gasteiger partial charge on any atom is -0.207 e. The molecule has 0 saturated heterocycles. The highest BCUT2D eigenvalue weighted by Gasteiger charge is 2.33. The Kier molecular flexibility index (Phi) is 5.77. The van der Waals surface area contributed by atoms with E-state index in [1.165, 1.54) is 10.4 Å². The van der Waals surface area contributed by atoms with Gasteiger partial charge in [-0.05, 0) is 31.0 Å². The standard InChI is InChI=1S/C13H16BrCl2NO2S/c14-10-5-6-13(12(16)9-10)20(18,19)17(8-7-15)11-3-1-2-4-11/h5-6,9,11H,1-4,7-8H2. The second-order valence-electron chi connectivity index (χ2n) is 4.82. The van der Waals surface area contributed by atoms with Gasteiger partial charge in [0.2, 0.25) is 10.0 Å². The molecule has 0 heterocycles. The third kappa shape index (κ3) is 3.50. The van der Waals surface area contributed by atoms with E-state index in [4.69, 9.17) is 23.2 Å². The Balaban J connectivity index is 2.39. The van der Waals surface area contributed by atoms with Crippen molar-refractivity contribution in [1.29, 1.82) is 0 Å². The number of alkyl halides is 1. The summed E-state index contributed by atoms with van der Waals surface area (Å²) in [6.45, 7) is 0.320. The van der Waals surface area contributed by atoms with Gasteiger partial charge in [-0.2, -0.15) is 4.31 Å². The molecular formula is C13H16BrCl2NO2S. The predicted octanol–water partition coefficient (Wildman–Crippen LogP) is 4.27. The summed E-state index contributed by atoms with van der Waals surface area (Å²) < 4.78 is 27.9. The molecule has 1 saturated carbocycles. The van der Waals surface area contributed by atoms with Crippen molar-refractivity contribution in [2.45, 2.75) is 36.6 Å². The topological polar surface area (TPSA) is 37.4 Å². The minimum absolute atomic E-state index is 0.0402. The van der Waals surface area contributed by atoms with Crippen LogP contribution in [0.5, 0.6) is 0 Å². The summed E-state index contributed by atoms with van der Waals surface area (Å²) in [5.41, 5.74) is 0. The molecule has 0 radical (unpaired) electrons. The van der Waals surface area contributed by atoms with Crippen LogP contribution in [0.1, 0.15) is 25.7 Å². The predicted molar refractivity (Wildman–Crippen MR) is 86.0 cm³/mol. The number of sulfonamides is 1. The van der Waals surface area contributed by atoms with Gasteiger partial charge in [-0.15, -0.1) is 11.6 Å². The molecule has 112 valence electrons. The molecule has 0 aliphatic heterocycles. The average molecular weight is 401 g/mol. The quantitative estimate of drug-likeness (QED) is 0.692. The summed E-state index contributed by atoms with van der Waals surface area (Å²) in [7, 11) is -3.60. The van der Waals surface area contributed by atoms with E-state index in [9.17, 15) is 8.42 Å². The van der Waals surface area contributed by atoms with Gasteiger partial charge in [0.05, 0.1) is 5.02 Å². The minimum atomic E-state index is -3.60. The van der Waals surface area contributed by atoms with Crippen molar-refractivity contribution in [3.63, 3.8) is 0 Å². The Morgan fingerprint density at radius 1 is 1.30 bits per heavy atom. The van der Waals surface area contributed by atoms with E-state index in [0.717, 1.165) is 30.2 Å². The molecule has 0 bridgehead atoms. The normalized spacial score (nSPS) is 17.0. The lowest BCUT2D eigenvalue weighted by atomic mass is 10.2. The highest BCUT2D eigenvalue weighted by Crippen LogP contribution is 2.32. The first-order valence-corrected chi connectivity index (χ1v) is 9.64. The molecule has 0 aromatic heterocycles. The molecule has 0 N–H and O–H groups in total. The van der Waals surface area contributed by atoms with Gasteiger partial charge in [0.25, 0.3) is 0 Å². The molecule has 1 aliphatic carbocycles. The number of hydrogen-bond donors (Lipinski definition) is 0. The molecule has 1 aliphatic rings. The van der Waals surface area contributed by atoms with Gasteiger partial charge in [-0.1, -0.05) is 40.4 Å². The highest BCUT2D eigenvalue weighted by atomic mass is 79.9. The van der Waals surface area contributed by atoms with Crippen molar-refractivity contribution in [3.05, 3.63) is 27.7 Å². The largest absolute Gasteiger partial charge is 0.244 e. The fraction of sp³-hybridized carbons (Fsp3) is 0.538. The van der Waals surface area contributed by atoms with Gasteiger partial charge >= 0.3 is 0 Å². The summed E-state index contributed by atoms with van der Waals surface area (Å²) in [6, 6.07) is 4.87. The van der Waals surface area contributed by atoms with Gasteiger partial charge in [0.15, 0.2) is 0 Å². The Bertz CT molecular complexity index is 574. The maximum Gasteiger partial charge on any atom is 0.244 e. The van der Waals surface area contributed by atoms with E-state index in [0.29, 0.717) is 6.54 Å². The molecule has 1 fully saturated rings. The summed E-state index contributed by atoms with van der Waals surface area (Å²) in [4.78, 5) is 0.152. The molecular weight excluding hydrogens is 385 g/mol. The lowest BCUT2D eigenvalue weighted by Gasteiger charge is -2.27. The third-order valence-corrected chi connectivity index (χ3v) is 6.61. The fourth-order valence-corrected chi connectivity index (χ4v) is 5.57. The third-order valence-electron chi connectivity index (χ3n) is 3.52. The molecule has 0 spiro atoms. The number of hydrogen-bond acceptors (Lipinski definition) is 2. The first-order valence-electron chi connectivity index (χ1n) is 6.49. The number of halogens is 3. The van der Waals surface area contributed by atoms with Gasteiger partial charge in [0.1, 0.15) is 4.90 Å². The zero-order valence-electron chi connectivity index (χ0n) is 10.9. The van der Waals surface area contributed by atoms with Crippen LogP contribution in [0.15, 0.2) is 27.6 Å². The van der Waals surface area contributed by atoms with Crippen LogP contribution in [0, 0.1) is 0 Å². The van der Waals surface area contributed by atoms with Crippen LogP contribution < -0.4 is 0 Å². The van der Waals surface area contributed by atoms with Crippen molar-refractivity contribution < 1.29 is 8.42 Å². The average Bonchev–Trinajstić information content (AvgIpc) is 2.88. The summed E-state index contributed by atoms with van der Waals surface area (Å²) in [5, 5.41) is 0.233. The number of rotatable bonds is 5. The molecule has 3 nitrogen and oxygen atoms in total. The molecule has 7 heteroatoms. The van der Waals surface area contributed by atoms with E-state index in [1.807, 2.05) is 0 Å². The first-order chi connectivity index (χ1) is 9.46. The highest BCUT2D eigenvalue weighted by molar-refractivity contribution is 9.10. The van der Waals surface area contributed by atoms with E-state index in [1.54, 1.807) is 12.1 Å². The summed E-state index contributed by atoms with van der Waals surface area (Å²) in [5.74, 6) is 0.282. The Morgan fingerprint density at radius 2 is 1.95 bits per heavy atom. The second-order valence-corrected chi connectivity index (χ2v) is 8.38. The van der Waals surface area contributed by atoms with Gasteiger partial charge in [-0.25, -0.2) is 8.42 Å². The molecule has 1 aromatic rings. The molecule has 0 unspecified atom stereocenters. The zero-order chi connectivity index (χ0) is 14.8. The Hall–Kier alpha value is 0.190.